The fraction of sp³-hybridized carbons (Fsp3) is 0.0500. The molecule has 0 saturated heterocycles. The van der Waals surface area contributed by atoms with Crippen LogP contribution in [0.5, 0.6) is 0 Å². The number of primary amides is 3. The molecule has 3 heterocycles. The van der Waals surface area contributed by atoms with Crippen molar-refractivity contribution in [3.8, 4) is 44.9 Å². The zero-order valence-electron chi connectivity index (χ0n) is 42.0. The number of nitrogen functional groups attached to an aromatic ring is 1. The van der Waals surface area contributed by atoms with Gasteiger partial charge in [0.15, 0.2) is 0 Å². The van der Waals surface area contributed by atoms with Crippen LogP contribution in [0.1, 0.15) is 47.8 Å². The van der Waals surface area contributed by atoms with Crippen LogP contribution in [0, 0.1) is 0 Å². The molecule has 0 aliphatic heterocycles. The van der Waals surface area contributed by atoms with Gasteiger partial charge in [0.1, 0.15) is 0 Å². The van der Waals surface area contributed by atoms with Crippen LogP contribution < -0.4 is 38.9 Å². The smallest absolute Gasteiger partial charge is 0.249 e. The van der Waals surface area contributed by atoms with E-state index in [0.29, 0.717) is 91.8 Å². The van der Waals surface area contributed by atoms with Gasteiger partial charge in [-0.2, -0.15) is 0 Å². The van der Waals surface area contributed by atoms with Crippen LogP contribution in [0.4, 0.5) is 23.5 Å². The second-order valence-corrected chi connectivity index (χ2v) is 18.6. The molecule has 0 saturated carbocycles. The molecule has 19 heteroatoms. The van der Waals surface area contributed by atoms with Crippen molar-refractivity contribution in [1.82, 2.24) is 29.9 Å². The number of hydrogen-bond donors (Lipinski definition) is 7. The highest BCUT2D eigenvalue weighted by atomic mass is 35.5. The van der Waals surface area contributed by atoms with Crippen LogP contribution in [-0.4, -0.2) is 47.6 Å². The Labute approximate surface area is 470 Å². The molecule has 11 N–H and O–H groups in total. The zero-order chi connectivity index (χ0) is 55.7. The van der Waals surface area contributed by atoms with Crippen LogP contribution in [-0.2, 0) is 19.6 Å². The van der Waals surface area contributed by atoms with E-state index in [2.05, 4.69) is 70.1 Å². The number of rotatable bonds is 16. The largest absolute Gasteiger partial charge is 0.399 e. The van der Waals surface area contributed by atoms with Crippen LogP contribution >= 0.6 is 34.8 Å². The molecule has 16 nitrogen and oxygen atoms in total. The van der Waals surface area contributed by atoms with E-state index in [-0.39, 0.29) is 0 Å². The Bertz CT molecular complexity index is 3760. The Hall–Kier alpha value is -9.74. The quantitative estimate of drug-likeness (QED) is 0.0444. The van der Waals surface area contributed by atoms with Gasteiger partial charge in [-0.05, 0) is 107 Å². The second kappa shape index (κ2) is 26.8. The van der Waals surface area contributed by atoms with Gasteiger partial charge >= 0.3 is 0 Å². The van der Waals surface area contributed by atoms with E-state index in [1.807, 2.05) is 91.0 Å². The van der Waals surface area contributed by atoms with E-state index >= 15 is 0 Å². The van der Waals surface area contributed by atoms with Crippen LogP contribution in [0.3, 0.4) is 0 Å². The maximum Gasteiger partial charge on any atom is 0.249 e. The lowest BCUT2D eigenvalue weighted by molar-refractivity contribution is 0.0992. The first kappa shape index (κ1) is 55.5. The summed E-state index contributed by atoms with van der Waals surface area (Å²) in [5.74, 6) is -0.0245. The van der Waals surface area contributed by atoms with Crippen molar-refractivity contribution >= 4 is 76.1 Å². The number of aromatic nitrogens is 6. The van der Waals surface area contributed by atoms with Crippen LogP contribution in [0.2, 0.25) is 15.1 Å². The number of nitrogens with zero attached hydrogens (tertiary/aromatic N) is 6. The molecule has 0 fully saturated rings. The molecule has 79 heavy (non-hydrogen) atoms. The fourth-order valence-electron chi connectivity index (χ4n) is 7.82. The predicted molar refractivity (Wildman–Crippen MR) is 314 cm³/mol. The van der Waals surface area contributed by atoms with E-state index in [1.54, 1.807) is 85.3 Å². The number of nitrogens with one attached hydrogen (secondary N) is 3. The summed E-state index contributed by atoms with van der Waals surface area (Å²) in [6, 6.07) is 55.4. The first-order valence-corrected chi connectivity index (χ1v) is 25.4. The summed E-state index contributed by atoms with van der Waals surface area (Å²) in [6.45, 7) is 1.58. The SMILES string of the molecule is NC(=O)c1ccc(-c2ccnc(NCc3ccc(-c4cccc(N)c4)cc3)n2)cc1.NC(=O)c1ccccc1-c1ccnc(NCc2ccc(Cl)cc2Cl)n1.NC(=O)c1ccccc1-c1ccnc(NCc2cccc(Cl)c2)n1. The molecule has 0 unspecified atom stereocenters. The number of carbonyl (C=O) groups is 3. The average molecular weight is 1110 g/mol. The molecule has 10 rings (SSSR count). The summed E-state index contributed by atoms with van der Waals surface area (Å²) in [7, 11) is 0. The minimum atomic E-state index is -0.503. The van der Waals surface area contributed by atoms with Gasteiger partial charge < -0.3 is 38.9 Å². The van der Waals surface area contributed by atoms with Crippen molar-refractivity contribution in [3.63, 3.8) is 0 Å². The average Bonchev–Trinajstić information content (AvgIpc) is 3.49. The Morgan fingerprint density at radius 2 is 0.924 bits per heavy atom. The molecule has 0 atom stereocenters. The monoisotopic (exact) mass is 1110 g/mol. The molecular formula is C60H50Cl3N13O3. The van der Waals surface area contributed by atoms with Crippen molar-refractivity contribution in [2.45, 2.75) is 19.6 Å². The molecule has 0 spiro atoms. The first-order chi connectivity index (χ1) is 38.3. The van der Waals surface area contributed by atoms with E-state index in [1.165, 1.54) is 0 Å². The van der Waals surface area contributed by atoms with Crippen molar-refractivity contribution in [1.29, 1.82) is 0 Å². The van der Waals surface area contributed by atoms with Gasteiger partial charge in [0, 0.05) is 92.4 Å². The number of anilines is 4. The summed E-state index contributed by atoms with van der Waals surface area (Å²) >= 11 is 18.0. The summed E-state index contributed by atoms with van der Waals surface area (Å²) in [5, 5.41) is 11.3. The molecular weight excluding hydrogens is 1060 g/mol. The Kier molecular flexibility index (Phi) is 18.9. The second-order valence-electron chi connectivity index (χ2n) is 17.3. The summed E-state index contributed by atoms with van der Waals surface area (Å²) in [4.78, 5) is 60.5. The van der Waals surface area contributed by atoms with Gasteiger partial charge in [-0.25, -0.2) is 29.9 Å². The van der Waals surface area contributed by atoms with Crippen LogP contribution in [0.25, 0.3) is 44.9 Å². The minimum Gasteiger partial charge on any atom is -0.399 e. The predicted octanol–water partition coefficient (Wildman–Crippen LogP) is 11.8. The highest BCUT2D eigenvalue weighted by Crippen LogP contribution is 2.27. The normalized spacial score (nSPS) is 10.5. The third-order valence-electron chi connectivity index (χ3n) is 11.8. The van der Waals surface area contributed by atoms with Gasteiger partial charge in [-0.3, -0.25) is 14.4 Å². The minimum absolute atomic E-state index is 0.410. The van der Waals surface area contributed by atoms with Gasteiger partial charge in [0.25, 0.3) is 0 Å². The zero-order valence-corrected chi connectivity index (χ0v) is 44.3. The molecule has 10 aromatic rings. The van der Waals surface area contributed by atoms with E-state index in [4.69, 9.17) is 57.7 Å². The van der Waals surface area contributed by atoms with Gasteiger partial charge in [0.2, 0.25) is 35.6 Å². The standard InChI is InChI=1S/C24H21N5O.C18H14Cl2N4O.C18H15ClN4O/c25-21-3-1-2-20(14-21)17-6-4-16(5-7-17)15-28-24-27-13-12-22(29-24)18-8-10-19(11-9-18)23(26)30;19-12-6-5-11(15(20)9-12)10-23-18-22-8-7-16(24-18)13-3-1-2-4-14(13)17(21)25;19-13-5-3-4-12(10-13)11-22-18-21-9-8-16(23-18)14-6-1-2-7-15(14)17(20)24/h1-14H,15,25H2,(H2,26,30)(H,27,28,29);1-9H,10H2,(H2,21,25)(H,22,23,24);1-10H,11H2,(H2,20,24)(H,21,22,23). The Morgan fingerprint density at radius 1 is 0.418 bits per heavy atom. The number of nitrogens with two attached hydrogens (primary N) is 4. The van der Waals surface area contributed by atoms with Crippen LogP contribution in [0.15, 0.2) is 201 Å². The van der Waals surface area contributed by atoms with Gasteiger partial charge in [-0.15, -0.1) is 0 Å². The topological polar surface area (TPSA) is 269 Å². The number of carbonyl (C=O) groups excluding carboxylic acids is 3. The highest BCUT2D eigenvalue weighted by Gasteiger charge is 2.14. The molecule has 394 valence electrons. The summed E-state index contributed by atoms with van der Waals surface area (Å²) in [5.41, 5.74) is 33.5. The Balaban J connectivity index is 0.000000157. The maximum atomic E-state index is 11.6. The van der Waals surface area contributed by atoms with E-state index in [0.717, 1.165) is 44.8 Å². The molecule has 3 aromatic heterocycles. The van der Waals surface area contributed by atoms with Crippen molar-refractivity contribution < 1.29 is 14.4 Å². The van der Waals surface area contributed by atoms with Gasteiger partial charge in [-0.1, -0.05) is 138 Å². The number of hydrogen-bond acceptors (Lipinski definition) is 13. The number of halogens is 3. The van der Waals surface area contributed by atoms with Gasteiger partial charge in [0.05, 0.1) is 17.1 Å². The number of amides is 3. The molecule has 3 amide bonds. The lowest BCUT2D eigenvalue weighted by Crippen LogP contribution is -2.12. The van der Waals surface area contributed by atoms with Crippen molar-refractivity contribution in [3.05, 3.63) is 249 Å². The highest BCUT2D eigenvalue weighted by molar-refractivity contribution is 6.35. The summed E-state index contributed by atoms with van der Waals surface area (Å²) in [6.07, 6.45) is 4.96. The first-order valence-electron chi connectivity index (χ1n) is 24.3. The lowest BCUT2D eigenvalue weighted by Gasteiger charge is -2.10. The molecule has 0 bridgehead atoms. The lowest BCUT2D eigenvalue weighted by atomic mass is 10.0. The molecule has 0 aliphatic carbocycles. The molecule has 7 aromatic carbocycles. The van der Waals surface area contributed by atoms with Crippen molar-refractivity contribution in [2.75, 3.05) is 21.7 Å². The third kappa shape index (κ3) is 15.7. The summed E-state index contributed by atoms with van der Waals surface area (Å²) < 4.78 is 0. The number of benzene rings is 7. The van der Waals surface area contributed by atoms with E-state index < -0.39 is 17.7 Å². The Morgan fingerprint density at radius 3 is 1.47 bits per heavy atom. The van der Waals surface area contributed by atoms with E-state index in [9.17, 15) is 14.4 Å². The molecule has 0 radical (unpaired) electrons. The van der Waals surface area contributed by atoms with Crippen molar-refractivity contribution in [2.24, 2.45) is 17.2 Å². The fourth-order valence-corrected chi connectivity index (χ4v) is 8.51. The molecule has 0 aliphatic rings. The maximum absolute atomic E-state index is 11.6. The third-order valence-corrected chi connectivity index (χ3v) is 12.6.